The van der Waals surface area contributed by atoms with Crippen LogP contribution in [0.3, 0.4) is 0 Å². The van der Waals surface area contributed by atoms with Crippen LogP contribution in [0.25, 0.3) is 0 Å². The number of carbonyl (C=O) groups is 1. The highest BCUT2D eigenvalue weighted by Gasteiger charge is 2.45. The van der Waals surface area contributed by atoms with Gasteiger partial charge in [-0.05, 0) is 34.1 Å². The first-order valence-corrected chi connectivity index (χ1v) is 11.4. The predicted molar refractivity (Wildman–Crippen MR) is 91.8 cm³/mol. The minimum absolute atomic E-state index is 0.191. The molecular formula is C12H13Br2NO7S2. The third kappa shape index (κ3) is 4.17. The first kappa shape index (κ1) is 19.8. The van der Waals surface area contributed by atoms with E-state index in [-0.39, 0.29) is 9.37 Å². The molecule has 2 N–H and O–H groups in total. The topological polar surface area (TPSA) is 129 Å². The van der Waals surface area contributed by atoms with Crippen molar-refractivity contribution in [1.29, 1.82) is 0 Å². The number of carboxylic acids is 1. The minimum Gasteiger partial charge on any atom is -0.480 e. The fraction of sp³-hybridized carbons (Fsp3) is 0.417. The summed E-state index contributed by atoms with van der Waals surface area (Å²) in [6.45, 7) is -0.960. The second-order valence-corrected chi connectivity index (χ2v) is 11.0. The van der Waals surface area contributed by atoms with Crippen LogP contribution in [-0.2, 0) is 24.7 Å². The summed E-state index contributed by atoms with van der Waals surface area (Å²) in [6, 6.07) is 2.95. The molecule has 1 heterocycles. The summed E-state index contributed by atoms with van der Waals surface area (Å²) < 4.78 is 50.3. The fourth-order valence-electron chi connectivity index (χ4n) is 2.40. The summed E-state index contributed by atoms with van der Waals surface area (Å²) in [7, 11) is -8.02. The standard InChI is InChI=1S/C12H13Br2NO7S2/c13-7-1-2-8(14)11(3-7)24(21,22)15(4-12(17)18)9-5-23(19,20)6-10(9)16/h1-3,9-10,16H,4-6H2,(H,17,18)/t9-,10-/m1/s1. The third-order valence-corrected chi connectivity index (χ3v) is 8.49. The lowest BCUT2D eigenvalue weighted by Gasteiger charge is -2.28. The summed E-state index contributed by atoms with van der Waals surface area (Å²) in [5.74, 6) is -2.70. The van der Waals surface area contributed by atoms with E-state index in [1.807, 2.05) is 0 Å². The van der Waals surface area contributed by atoms with Crippen molar-refractivity contribution in [3.63, 3.8) is 0 Å². The van der Waals surface area contributed by atoms with Gasteiger partial charge in [-0.25, -0.2) is 16.8 Å². The zero-order valence-electron chi connectivity index (χ0n) is 12.0. The summed E-state index contributed by atoms with van der Waals surface area (Å²) in [6.07, 6.45) is -1.49. The Kier molecular flexibility index (Phi) is 5.77. The van der Waals surface area contributed by atoms with E-state index in [2.05, 4.69) is 31.9 Å². The van der Waals surface area contributed by atoms with Crippen molar-refractivity contribution in [2.24, 2.45) is 0 Å². The molecule has 0 aliphatic carbocycles. The molecule has 1 aliphatic rings. The number of carboxylic acid groups (broad SMARTS) is 1. The molecule has 0 amide bonds. The molecule has 1 saturated heterocycles. The largest absolute Gasteiger partial charge is 0.480 e. The second kappa shape index (κ2) is 7.00. The van der Waals surface area contributed by atoms with Gasteiger partial charge in [-0.15, -0.1) is 0 Å². The Labute approximate surface area is 155 Å². The zero-order chi connectivity index (χ0) is 18.3. The first-order valence-electron chi connectivity index (χ1n) is 6.51. The Morgan fingerprint density at radius 3 is 2.42 bits per heavy atom. The summed E-state index contributed by atoms with van der Waals surface area (Å²) >= 11 is 6.23. The van der Waals surface area contributed by atoms with Gasteiger partial charge in [0.05, 0.1) is 28.5 Å². The van der Waals surface area contributed by atoms with Gasteiger partial charge in [0.1, 0.15) is 6.54 Å². The monoisotopic (exact) mass is 505 g/mol. The molecule has 24 heavy (non-hydrogen) atoms. The molecule has 1 aromatic carbocycles. The number of halogens is 2. The average Bonchev–Trinajstić information content (AvgIpc) is 2.71. The zero-order valence-corrected chi connectivity index (χ0v) is 16.8. The Hall–Kier alpha value is -0.530. The average molecular weight is 507 g/mol. The molecule has 2 rings (SSSR count). The predicted octanol–water partition coefficient (Wildman–Crippen LogP) is 0.445. The Balaban J connectivity index is 2.55. The number of aliphatic hydroxyl groups is 1. The van der Waals surface area contributed by atoms with E-state index in [0.717, 1.165) is 0 Å². The summed E-state index contributed by atoms with van der Waals surface area (Å²) in [5.41, 5.74) is 0. The molecule has 2 atom stereocenters. The van der Waals surface area contributed by atoms with Crippen molar-refractivity contribution < 1.29 is 31.8 Å². The lowest BCUT2D eigenvalue weighted by atomic mass is 10.2. The summed E-state index contributed by atoms with van der Waals surface area (Å²) in [4.78, 5) is 10.9. The van der Waals surface area contributed by atoms with Gasteiger partial charge in [-0.3, -0.25) is 4.79 Å². The number of benzene rings is 1. The van der Waals surface area contributed by atoms with E-state index < -0.39 is 56.0 Å². The molecule has 12 heteroatoms. The van der Waals surface area contributed by atoms with Crippen LogP contribution in [0.4, 0.5) is 0 Å². The van der Waals surface area contributed by atoms with Crippen LogP contribution in [0, 0.1) is 0 Å². The number of rotatable bonds is 5. The molecule has 0 unspecified atom stereocenters. The maximum absolute atomic E-state index is 12.9. The van der Waals surface area contributed by atoms with Gasteiger partial charge >= 0.3 is 5.97 Å². The van der Waals surface area contributed by atoms with Gasteiger partial charge in [-0.1, -0.05) is 15.9 Å². The van der Waals surface area contributed by atoms with Crippen molar-refractivity contribution >= 4 is 57.7 Å². The maximum Gasteiger partial charge on any atom is 0.318 e. The minimum atomic E-state index is -4.36. The van der Waals surface area contributed by atoms with E-state index in [1.54, 1.807) is 6.07 Å². The maximum atomic E-state index is 12.9. The molecule has 0 radical (unpaired) electrons. The number of sulfonamides is 1. The van der Waals surface area contributed by atoms with E-state index >= 15 is 0 Å². The van der Waals surface area contributed by atoms with Crippen molar-refractivity contribution in [3.05, 3.63) is 27.1 Å². The molecule has 0 aromatic heterocycles. The number of hydrogen-bond acceptors (Lipinski definition) is 6. The van der Waals surface area contributed by atoms with E-state index in [0.29, 0.717) is 8.78 Å². The normalized spacial score (nSPS) is 23.5. The van der Waals surface area contributed by atoms with Crippen LogP contribution < -0.4 is 0 Å². The van der Waals surface area contributed by atoms with Crippen LogP contribution >= 0.6 is 31.9 Å². The Morgan fingerprint density at radius 2 is 1.92 bits per heavy atom. The number of aliphatic hydroxyl groups excluding tert-OH is 1. The lowest BCUT2D eigenvalue weighted by molar-refractivity contribution is -0.137. The molecule has 0 bridgehead atoms. The van der Waals surface area contributed by atoms with E-state index in [4.69, 9.17) is 5.11 Å². The molecule has 1 aromatic rings. The Morgan fingerprint density at radius 1 is 1.29 bits per heavy atom. The van der Waals surface area contributed by atoms with Crippen LogP contribution in [0.5, 0.6) is 0 Å². The smallest absolute Gasteiger partial charge is 0.318 e. The molecule has 134 valence electrons. The molecule has 0 spiro atoms. The van der Waals surface area contributed by atoms with Crippen LogP contribution in [0.1, 0.15) is 0 Å². The van der Waals surface area contributed by atoms with Crippen molar-refractivity contribution in [2.75, 3.05) is 18.1 Å². The van der Waals surface area contributed by atoms with Gasteiger partial charge in [0, 0.05) is 8.95 Å². The second-order valence-electron chi connectivity index (χ2n) is 5.23. The van der Waals surface area contributed by atoms with Gasteiger partial charge in [0.2, 0.25) is 10.0 Å². The van der Waals surface area contributed by atoms with Crippen LogP contribution in [0.15, 0.2) is 32.0 Å². The number of nitrogens with zero attached hydrogens (tertiary/aromatic N) is 1. The van der Waals surface area contributed by atoms with Crippen LogP contribution in [0.2, 0.25) is 0 Å². The molecule has 8 nitrogen and oxygen atoms in total. The highest BCUT2D eigenvalue weighted by Crippen LogP contribution is 2.31. The van der Waals surface area contributed by atoms with Gasteiger partial charge in [-0.2, -0.15) is 4.31 Å². The van der Waals surface area contributed by atoms with Gasteiger partial charge < -0.3 is 10.2 Å². The molecular weight excluding hydrogens is 494 g/mol. The third-order valence-electron chi connectivity index (χ3n) is 3.43. The molecule has 1 aliphatic heterocycles. The Bertz CT molecular complexity index is 869. The van der Waals surface area contributed by atoms with E-state index in [9.17, 15) is 26.7 Å². The van der Waals surface area contributed by atoms with Crippen molar-refractivity contribution in [3.8, 4) is 0 Å². The lowest BCUT2D eigenvalue weighted by Crippen LogP contribution is -2.48. The van der Waals surface area contributed by atoms with Crippen molar-refractivity contribution in [1.82, 2.24) is 4.31 Å². The van der Waals surface area contributed by atoms with Gasteiger partial charge in [0.25, 0.3) is 0 Å². The van der Waals surface area contributed by atoms with E-state index in [1.165, 1.54) is 12.1 Å². The highest BCUT2D eigenvalue weighted by molar-refractivity contribution is 9.11. The number of aliphatic carboxylic acids is 1. The number of hydrogen-bond donors (Lipinski definition) is 2. The summed E-state index contributed by atoms with van der Waals surface area (Å²) in [5, 5.41) is 19.0. The van der Waals surface area contributed by atoms with Gasteiger partial charge in [0.15, 0.2) is 9.84 Å². The SMILES string of the molecule is O=C(O)CN([C@@H]1CS(=O)(=O)C[C@H]1O)S(=O)(=O)c1cc(Br)ccc1Br. The fourth-order valence-corrected chi connectivity index (χ4v) is 7.36. The molecule has 0 saturated carbocycles. The van der Waals surface area contributed by atoms with Crippen molar-refractivity contribution in [2.45, 2.75) is 17.0 Å². The quantitative estimate of drug-likeness (QED) is 0.592. The van der Waals surface area contributed by atoms with Crippen LogP contribution in [-0.4, -0.2) is 67.5 Å². The first-order chi connectivity index (χ1) is 10.9. The highest BCUT2D eigenvalue weighted by atomic mass is 79.9. The number of sulfone groups is 1. The molecule has 1 fully saturated rings.